The van der Waals surface area contributed by atoms with Crippen LogP contribution < -0.4 is 0 Å². The van der Waals surface area contributed by atoms with Gasteiger partial charge >= 0.3 is 5.97 Å². The van der Waals surface area contributed by atoms with Crippen molar-refractivity contribution in [2.75, 3.05) is 0 Å². The molecule has 0 saturated heterocycles. The first-order valence-corrected chi connectivity index (χ1v) is 19.7. The van der Waals surface area contributed by atoms with Crippen molar-refractivity contribution in [1.29, 1.82) is 0 Å². The Labute approximate surface area is 166 Å². The second-order valence-corrected chi connectivity index (χ2v) is 23.5. The molecule has 2 rings (SSSR count). The maximum Gasteiger partial charge on any atom is 0.358 e. The molecule has 0 N–H and O–H groups in total. The van der Waals surface area contributed by atoms with Crippen LogP contribution >= 0.6 is 0 Å². The van der Waals surface area contributed by atoms with Gasteiger partial charge in [-0.15, -0.1) is 0 Å². The molecule has 0 saturated carbocycles. The van der Waals surface area contributed by atoms with Crippen molar-refractivity contribution < 1.29 is 13.6 Å². The van der Waals surface area contributed by atoms with Crippen LogP contribution in [0, 0.1) is 0 Å². The smallest absolute Gasteiger partial charge is 0.358 e. The fourth-order valence-electron chi connectivity index (χ4n) is 2.81. The molecule has 1 aromatic carbocycles. The molecule has 2 aromatic rings. The predicted octanol–water partition coefficient (Wildman–Crippen LogP) is 5.89. The van der Waals surface area contributed by atoms with Gasteiger partial charge in [0, 0.05) is 22.7 Å². The summed E-state index contributed by atoms with van der Waals surface area (Å²) in [5, 5.41) is 1.14. The molecule has 0 amide bonds. The molecule has 0 aliphatic rings. The second kappa shape index (κ2) is 7.44. The number of hydrogen-bond donors (Lipinski definition) is 0. The number of para-hydroxylation sites is 1. The molecule has 0 aliphatic heterocycles. The van der Waals surface area contributed by atoms with E-state index in [-0.39, 0.29) is 5.97 Å². The number of carbonyl (C=O) groups excluding carboxylic acids is 1. The summed E-state index contributed by atoms with van der Waals surface area (Å²) in [6, 6.07) is 8.34. The van der Waals surface area contributed by atoms with Crippen molar-refractivity contribution in [2.45, 2.75) is 58.9 Å². The number of rotatable bonds is 6. The van der Waals surface area contributed by atoms with Gasteiger partial charge in [0.1, 0.15) is 0 Å². The van der Waals surface area contributed by atoms with E-state index < -0.39 is 24.9 Å². The molecule has 0 unspecified atom stereocenters. The summed E-state index contributed by atoms with van der Waals surface area (Å²) in [5.41, 5.74) is 2.21. The monoisotopic (exact) mass is 419 g/mol. The van der Waals surface area contributed by atoms with Crippen LogP contribution in [-0.2, 0) is 13.6 Å². The minimum absolute atomic E-state index is 0.329. The third-order valence-electron chi connectivity index (χ3n) is 3.77. The molecular weight excluding hydrogens is 386 g/mol. The Morgan fingerprint density at radius 3 is 1.96 bits per heavy atom. The quantitative estimate of drug-likeness (QED) is 0.333. The van der Waals surface area contributed by atoms with Crippen LogP contribution in [0.2, 0.25) is 58.9 Å². The van der Waals surface area contributed by atoms with Crippen LogP contribution in [0.1, 0.15) is 5.56 Å². The van der Waals surface area contributed by atoms with E-state index in [1.165, 1.54) is 5.52 Å². The van der Waals surface area contributed by atoms with E-state index in [1.54, 1.807) is 0 Å². The Balaban J connectivity index is 2.61. The Bertz CT molecular complexity index is 865. The van der Waals surface area contributed by atoms with Gasteiger partial charge in [0.15, 0.2) is 14.0 Å². The van der Waals surface area contributed by atoms with Crippen LogP contribution in [0.5, 0.6) is 0 Å². The lowest BCUT2D eigenvalue weighted by Gasteiger charge is -2.24. The van der Waals surface area contributed by atoms with Gasteiger partial charge in [-0.3, -0.25) is 0 Å². The Morgan fingerprint density at radius 1 is 0.889 bits per heavy atom. The highest BCUT2D eigenvalue weighted by Crippen LogP contribution is 2.28. The lowest BCUT2D eigenvalue weighted by Crippen LogP contribution is -2.34. The van der Waals surface area contributed by atoms with E-state index in [1.807, 2.05) is 31.8 Å². The molecule has 0 radical (unpaired) electrons. The van der Waals surface area contributed by atoms with E-state index in [2.05, 4.69) is 67.9 Å². The van der Waals surface area contributed by atoms with E-state index in [0.29, 0.717) is 5.76 Å². The van der Waals surface area contributed by atoms with Gasteiger partial charge in [0.25, 0.3) is 0 Å². The van der Waals surface area contributed by atoms with Crippen molar-refractivity contribution in [1.82, 2.24) is 4.23 Å². The van der Waals surface area contributed by atoms with Gasteiger partial charge in [-0.2, -0.15) is 0 Å². The third-order valence-corrected chi connectivity index (χ3v) is 7.21. The van der Waals surface area contributed by atoms with Gasteiger partial charge in [-0.25, -0.2) is 4.79 Å². The number of hydrogen-bond acceptors (Lipinski definition) is 3. The lowest BCUT2D eigenvalue weighted by molar-refractivity contribution is -0.133. The largest absolute Gasteiger partial charge is 0.539 e. The van der Waals surface area contributed by atoms with Crippen molar-refractivity contribution in [3.8, 4) is 0 Å². The zero-order chi connectivity index (χ0) is 20.6. The second-order valence-electron chi connectivity index (χ2n) is 9.87. The van der Waals surface area contributed by atoms with E-state index in [9.17, 15) is 4.79 Å². The maximum atomic E-state index is 12.8. The highest BCUT2D eigenvalue weighted by atomic mass is 28.4. The number of carbonyl (C=O) groups is 1. The van der Waals surface area contributed by atoms with Gasteiger partial charge in [0.05, 0.1) is 0 Å². The van der Waals surface area contributed by atoms with Crippen molar-refractivity contribution >= 4 is 47.8 Å². The number of fused-ring (bicyclic) bond motifs is 1. The standard InChI is InChI=1S/C20H33NO3Si3/c1-25(2,3)21-15-16(17-12-10-11-13-18(17)21)14-19(23-26(4,5)6)20(22)24-27(7,8)9/h10-15H,1-9H3. The molecule has 0 spiro atoms. The molecule has 27 heavy (non-hydrogen) atoms. The summed E-state index contributed by atoms with van der Waals surface area (Å²) in [7, 11) is -5.56. The predicted molar refractivity (Wildman–Crippen MR) is 123 cm³/mol. The fourth-order valence-corrected chi connectivity index (χ4v) is 5.71. The third kappa shape index (κ3) is 5.95. The molecule has 0 atom stereocenters. The summed E-state index contributed by atoms with van der Waals surface area (Å²) in [6.07, 6.45) is 4.03. The molecule has 148 valence electrons. The van der Waals surface area contributed by atoms with Crippen LogP contribution in [0.25, 0.3) is 17.0 Å². The van der Waals surface area contributed by atoms with Crippen molar-refractivity contribution in [2.24, 2.45) is 0 Å². The summed E-state index contributed by atoms with van der Waals surface area (Å²) < 4.78 is 14.3. The molecule has 7 heteroatoms. The van der Waals surface area contributed by atoms with Gasteiger partial charge in [-0.05, 0) is 51.4 Å². The zero-order valence-electron chi connectivity index (χ0n) is 18.1. The van der Waals surface area contributed by atoms with E-state index in [4.69, 9.17) is 8.85 Å². The molecule has 0 fully saturated rings. The number of aromatic nitrogens is 1. The van der Waals surface area contributed by atoms with Crippen LogP contribution in [0.15, 0.2) is 36.2 Å². The minimum atomic E-state index is -2.01. The van der Waals surface area contributed by atoms with Gasteiger partial charge in [-0.1, -0.05) is 37.8 Å². The van der Waals surface area contributed by atoms with Crippen LogP contribution in [0.3, 0.4) is 0 Å². The normalized spacial score (nSPS) is 13.7. The zero-order valence-corrected chi connectivity index (χ0v) is 21.1. The van der Waals surface area contributed by atoms with E-state index >= 15 is 0 Å². The Hall–Kier alpha value is -1.58. The molecule has 1 aromatic heterocycles. The molecular formula is C20H33NO3Si3. The fraction of sp³-hybridized carbons (Fsp3) is 0.450. The average Bonchev–Trinajstić information content (AvgIpc) is 2.82. The van der Waals surface area contributed by atoms with Crippen molar-refractivity contribution in [3.63, 3.8) is 0 Å². The first-order chi connectivity index (χ1) is 12.2. The highest BCUT2D eigenvalue weighted by molar-refractivity contribution is 6.75. The average molecular weight is 420 g/mol. The summed E-state index contributed by atoms with van der Waals surface area (Å²) in [6.45, 7) is 19.2. The van der Waals surface area contributed by atoms with Gasteiger partial charge < -0.3 is 13.1 Å². The summed E-state index contributed by atoms with van der Waals surface area (Å²) in [5.74, 6) is -0.0171. The first kappa shape index (κ1) is 21.7. The van der Waals surface area contributed by atoms with E-state index in [0.717, 1.165) is 10.9 Å². The SMILES string of the molecule is C[Si](C)(C)OC(=O)C(=Cc1cn([Si](C)(C)C)c2ccccc12)O[Si](C)(C)C. The molecule has 4 nitrogen and oxygen atoms in total. The summed E-state index contributed by atoms with van der Waals surface area (Å²) >= 11 is 0. The number of benzene rings is 1. The minimum Gasteiger partial charge on any atom is -0.539 e. The first-order valence-electron chi connectivity index (χ1n) is 9.42. The Kier molecular flexibility index (Phi) is 5.99. The highest BCUT2D eigenvalue weighted by Gasteiger charge is 2.28. The van der Waals surface area contributed by atoms with Crippen LogP contribution in [-0.4, -0.2) is 35.1 Å². The van der Waals surface area contributed by atoms with Gasteiger partial charge in [0.2, 0.25) is 16.6 Å². The van der Waals surface area contributed by atoms with Crippen molar-refractivity contribution in [3.05, 3.63) is 41.8 Å². The molecule has 0 aliphatic carbocycles. The molecule has 0 bridgehead atoms. The maximum absolute atomic E-state index is 12.8. The molecule has 1 heterocycles. The summed E-state index contributed by atoms with van der Waals surface area (Å²) in [4.78, 5) is 12.8. The number of nitrogens with zero attached hydrogens (tertiary/aromatic N) is 1. The Morgan fingerprint density at radius 2 is 1.44 bits per heavy atom. The lowest BCUT2D eigenvalue weighted by atomic mass is 10.1. The van der Waals surface area contributed by atoms with Crippen LogP contribution in [0.4, 0.5) is 0 Å². The topological polar surface area (TPSA) is 40.5 Å².